The van der Waals surface area contributed by atoms with Gasteiger partial charge in [-0.3, -0.25) is 14.7 Å². The quantitative estimate of drug-likeness (QED) is 0.243. The van der Waals surface area contributed by atoms with Crippen LogP contribution >= 0.6 is 15.9 Å². The Labute approximate surface area is 188 Å². The van der Waals surface area contributed by atoms with Crippen molar-refractivity contribution >= 4 is 31.7 Å². The van der Waals surface area contributed by atoms with E-state index in [1.165, 1.54) is 0 Å². The van der Waals surface area contributed by atoms with Gasteiger partial charge in [0.1, 0.15) is 11.9 Å². The predicted octanol–water partition coefficient (Wildman–Crippen LogP) is 3.88. The first-order chi connectivity index (χ1) is 14.7. The van der Waals surface area contributed by atoms with Gasteiger partial charge in [0, 0.05) is 18.7 Å². The summed E-state index contributed by atoms with van der Waals surface area (Å²) >= 11 is 3.49. The summed E-state index contributed by atoms with van der Waals surface area (Å²) in [6.07, 6.45) is 1.47. The average Bonchev–Trinajstić information content (AvgIpc) is 2.91. The third-order valence-corrected chi connectivity index (χ3v) is 6.56. The van der Waals surface area contributed by atoms with Gasteiger partial charge in [0.2, 0.25) is 0 Å². The van der Waals surface area contributed by atoms with Gasteiger partial charge in [0.15, 0.2) is 0 Å². The van der Waals surface area contributed by atoms with Gasteiger partial charge in [-0.05, 0) is 70.1 Å². The molecule has 0 fully saturated rings. The van der Waals surface area contributed by atoms with Crippen LogP contribution < -0.4 is 4.74 Å². The van der Waals surface area contributed by atoms with E-state index >= 15 is 0 Å². The Morgan fingerprint density at radius 3 is 2.77 bits per heavy atom. The van der Waals surface area contributed by atoms with E-state index in [0.717, 1.165) is 52.4 Å². The summed E-state index contributed by atoms with van der Waals surface area (Å²) in [5, 5.41) is 11.0. The summed E-state index contributed by atoms with van der Waals surface area (Å²) in [5.41, 5.74) is 1.95. The van der Waals surface area contributed by atoms with Gasteiger partial charge >= 0.3 is 0 Å². The zero-order valence-corrected chi connectivity index (χ0v) is 19.1. The largest absolute Gasteiger partial charge is 0.496 e. The molecule has 2 aromatic carbocycles. The number of nitrogens with zero attached hydrogens (tertiary/aromatic N) is 1. The molecule has 2 aromatic rings. The van der Waals surface area contributed by atoms with Crippen LogP contribution in [0.15, 0.2) is 39.7 Å². The smallest absolute Gasteiger partial charge is 0.294 e. The third kappa shape index (κ3) is 5.80. The molecule has 0 saturated carbocycles. The first-order valence-corrected chi connectivity index (χ1v) is 11.7. The van der Waals surface area contributed by atoms with Crippen LogP contribution in [0.2, 0.25) is 0 Å². The molecule has 1 aliphatic rings. The number of hydrogen-bond acceptors (Lipinski definition) is 7. The van der Waals surface area contributed by atoms with Gasteiger partial charge in [-0.15, -0.1) is 0 Å². The van der Waals surface area contributed by atoms with Crippen molar-refractivity contribution < 1.29 is 32.1 Å². The van der Waals surface area contributed by atoms with E-state index in [4.69, 9.17) is 14.2 Å². The lowest BCUT2D eigenvalue weighted by Crippen LogP contribution is -2.14. The third-order valence-electron chi connectivity index (χ3n) is 4.99. The number of fused-ring (bicyclic) bond motifs is 1. The highest BCUT2D eigenvalue weighted by Crippen LogP contribution is 2.35. The number of nitro benzene ring substituents is 1. The lowest BCUT2D eigenvalue weighted by Gasteiger charge is -2.19. The maximum absolute atomic E-state index is 11.6. The van der Waals surface area contributed by atoms with Crippen molar-refractivity contribution in [2.45, 2.75) is 30.3 Å². The van der Waals surface area contributed by atoms with E-state index in [9.17, 15) is 23.1 Å². The SMILES string of the molecule is COc1cc2c(cc1Br)C(COCCc1cc([N+](=O)[O-])ccc1S(=O)(=O)O)OCCC2. The summed E-state index contributed by atoms with van der Waals surface area (Å²) < 4.78 is 50.4. The zero-order valence-electron chi connectivity index (χ0n) is 16.7. The second-order valence-electron chi connectivity index (χ2n) is 7.00. The molecule has 0 spiro atoms. The lowest BCUT2D eigenvalue weighted by atomic mass is 9.99. The van der Waals surface area contributed by atoms with Crippen molar-refractivity contribution in [1.29, 1.82) is 0 Å². The van der Waals surface area contributed by atoms with Crippen molar-refractivity contribution in [2.75, 3.05) is 26.9 Å². The van der Waals surface area contributed by atoms with Gasteiger partial charge in [0.25, 0.3) is 15.8 Å². The number of halogens is 1. The van der Waals surface area contributed by atoms with Gasteiger partial charge < -0.3 is 14.2 Å². The molecule has 1 aliphatic heterocycles. The van der Waals surface area contributed by atoms with Crippen LogP contribution in [0.3, 0.4) is 0 Å². The molecular formula is C20H22BrNO8S. The van der Waals surface area contributed by atoms with Crippen LogP contribution in [-0.2, 0) is 32.4 Å². The molecule has 31 heavy (non-hydrogen) atoms. The van der Waals surface area contributed by atoms with E-state index in [1.807, 2.05) is 12.1 Å². The van der Waals surface area contributed by atoms with E-state index in [0.29, 0.717) is 6.61 Å². The minimum atomic E-state index is -4.51. The van der Waals surface area contributed by atoms with Gasteiger partial charge in [0.05, 0.1) is 34.6 Å². The number of nitro groups is 1. The number of ether oxygens (including phenoxy) is 3. The molecule has 9 nitrogen and oxygen atoms in total. The molecule has 0 saturated heterocycles. The Hall–Kier alpha value is -2.05. The summed E-state index contributed by atoms with van der Waals surface area (Å²) in [6, 6.07) is 7.12. The molecule has 1 N–H and O–H groups in total. The maximum atomic E-state index is 11.6. The second-order valence-corrected chi connectivity index (χ2v) is 9.24. The van der Waals surface area contributed by atoms with Crippen molar-refractivity contribution in [2.24, 2.45) is 0 Å². The topological polar surface area (TPSA) is 125 Å². The van der Waals surface area contributed by atoms with Crippen LogP contribution in [0, 0.1) is 10.1 Å². The highest BCUT2D eigenvalue weighted by molar-refractivity contribution is 9.10. The molecule has 168 valence electrons. The van der Waals surface area contributed by atoms with Crippen LogP contribution in [0.4, 0.5) is 5.69 Å². The van der Waals surface area contributed by atoms with Crippen LogP contribution in [0.25, 0.3) is 0 Å². The Bertz CT molecular complexity index is 1070. The fourth-order valence-electron chi connectivity index (χ4n) is 3.50. The number of hydrogen-bond donors (Lipinski definition) is 1. The molecule has 3 rings (SSSR count). The first kappa shape index (κ1) is 23.6. The van der Waals surface area contributed by atoms with Crippen molar-refractivity contribution in [1.82, 2.24) is 0 Å². The lowest BCUT2D eigenvalue weighted by molar-refractivity contribution is -0.385. The molecular weight excluding hydrogens is 494 g/mol. The number of non-ortho nitro benzene ring substituents is 1. The van der Waals surface area contributed by atoms with Crippen LogP contribution in [-0.4, -0.2) is 44.8 Å². The van der Waals surface area contributed by atoms with Crippen molar-refractivity contribution in [3.63, 3.8) is 0 Å². The van der Waals surface area contributed by atoms with Gasteiger partial charge in [-0.25, -0.2) is 0 Å². The van der Waals surface area contributed by atoms with E-state index in [2.05, 4.69) is 15.9 Å². The Kier molecular flexibility index (Phi) is 7.65. The second kappa shape index (κ2) is 10.0. The molecule has 0 radical (unpaired) electrons. The summed E-state index contributed by atoms with van der Waals surface area (Å²) in [4.78, 5) is 10.0. The standard InChI is InChI=1S/C20H22BrNO8S/c1-28-18-10-13-3-2-7-30-19(16(13)11-17(18)21)12-29-8-6-14-9-15(22(23)24)4-5-20(14)31(25,26)27/h4-5,9-11,19H,2-3,6-8,12H2,1H3,(H,25,26,27). The van der Waals surface area contributed by atoms with Crippen molar-refractivity contribution in [3.8, 4) is 5.75 Å². The van der Waals surface area contributed by atoms with E-state index < -0.39 is 15.0 Å². The summed E-state index contributed by atoms with van der Waals surface area (Å²) in [7, 11) is -2.90. The Morgan fingerprint density at radius 2 is 2.10 bits per heavy atom. The summed E-state index contributed by atoms with van der Waals surface area (Å²) in [6.45, 7) is 0.887. The van der Waals surface area contributed by atoms with Crippen molar-refractivity contribution in [3.05, 3.63) is 61.6 Å². The number of rotatable bonds is 8. The number of methoxy groups -OCH3 is 1. The molecule has 11 heteroatoms. The molecule has 1 heterocycles. The minimum Gasteiger partial charge on any atom is -0.496 e. The normalized spacial score (nSPS) is 16.4. The first-order valence-electron chi connectivity index (χ1n) is 9.51. The molecule has 0 amide bonds. The van der Waals surface area contributed by atoms with Gasteiger partial charge in [-0.2, -0.15) is 8.42 Å². The molecule has 0 aromatic heterocycles. The highest BCUT2D eigenvalue weighted by Gasteiger charge is 2.23. The summed E-state index contributed by atoms with van der Waals surface area (Å²) in [5.74, 6) is 0.740. The number of benzene rings is 2. The zero-order chi connectivity index (χ0) is 22.6. The molecule has 0 bridgehead atoms. The monoisotopic (exact) mass is 515 g/mol. The Balaban J connectivity index is 1.71. The highest BCUT2D eigenvalue weighted by atomic mass is 79.9. The number of aryl methyl sites for hydroxylation is 1. The fourth-order valence-corrected chi connectivity index (χ4v) is 4.75. The average molecular weight is 516 g/mol. The Morgan fingerprint density at radius 1 is 1.32 bits per heavy atom. The fraction of sp³-hybridized carbons (Fsp3) is 0.400. The predicted molar refractivity (Wildman–Crippen MR) is 115 cm³/mol. The molecule has 1 unspecified atom stereocenters. The molecule has 1 atom stereocenters. The maximum Gasteiger partial charge on any atom is 0.294 e. The van der Waals surface area contributed by atoms with E-state index in [1.54, 1.807) is 7.11 Å². The molecule has 0 aliphatic carbocycles. The van der Waals surface area contributed by atoms with Crippen LogP contribution in [0.1, 0.15) is 29.2 Å². The minimum absolute atomic E-state index is 0.0721. The van der Waals surface area contributed by atoms with Gasteiger partial charge in [-0.1, -0.05) is 0 Å². The van der Waals surface area contributed by atoms with Crippen LogP contribution in [0.5, 0.6) is 5.75 Å². The van der Waals surface area contributed by atoms with E-state index in [-0.39, 0.29) is 41.9 Å².